The van der Waals surface area contributed by atoms with Gasteiger partial charge in [-0.3, -0.25) is 4.57 Å². The van der Waals surface area contributed by atoms with Crippen LogP contribution in [0.1, 0.15) is 25.0 Å². The minimum Gasteiger partial charge on any atom is -0.290 e. The maximum absolute atomic E-state index is 15.2. The topological polar surface area (TPSA) is 52.0 Å². The van der Waals surface area contributed by atoms with E-state index < -0.39 is 9.84 Å². The van der Waals surface area contributed by atoms with E-state index in [4.69, 9.17) is 4.98 Å². The molecule has 0 fully saturated rings. The Kier molecular flexibility index (Phi) is 6.47. The van der Waals surface area contributed by atoms with E-state index in [0.717, 1.165) is 54.6 Å². The lowest BCUT2D eigenvalue weighted by Crippen LogP contribution is -2.16. The van der Waals surface area contributed by atoms with Crippen LogP contribution < -0.4 is 0 Å². The second kappa shape index (κ2) is 11.4. The Bertz CT molecular complexity index is 3460. The van der Waals surface area contributed by atoms with Crippen LogP contribution in [0.25, 0.3) is 93.8 Å². The molecule has 57 heavy (non-hydrogen) atoms. The van der Waals surface area contributed by atoms with Crippen molar-refractivity contribution < 1.29 is 8.42 Å². The number of para-hydroxylation sites is 1. The third kappa shape index (κ3) is 4.32. The van der Waals surface area contributed by atoms with Gasteiger partial charge in [0.15, 0.2) is 0 Å². The van der Waals surface area contributed by atoms with Gasteiger partial charge in [0.1, 0.15) is 10.7 Å². The van der Waals surface area contributed by atoms with Gasteiger partial charge in [-0.05, 0) is 102 Å². The first-order chi connectivity index (χ1) is 27.8. The molecule has 0 saturated carbocycles. The summed E-state index contributed by atoms with van der Waals surface area (Å²) in [5, 5.41) is 6.39. The first-order valence-corrected chi connectivity index (χ1v) is 20.9. The van der Waals surface area contributed by atoms with E-state index in [1.54, 1.807) is 12.1 Å². The summed E-state index contributed by atoms with van der Waals surface area (Å²) in [5.74, 6) is 0.711. The summed E-state index contributed by atoms with van der Waals surface area (Å²) in [6.45, 7) is 4.63. The van der Waals surface area contributed by atoms with Gasteiger partial charge in [0.25, 0.3) is 0 Å². The molecule has 5 heteroatoms. The summed E-state index contributed by atoms with van der Waals surface area (Å²) in [5.41, 5.74) is 11.7. The van der Waals surface area contributed by atoms with Crippen LogP contribution >= 0.6 is 0 Å². The molecule has 1 aliphatic heterocycles. The van der Waals surface area contributed by atoms with Crippen molar-refractivity contribution in [3.8, 4) is 50.5 Å². The molecule has 9 aromatic carbocycles. The Labute approximate surface area is 330 Å². The molecule has 270 valence electrons. The predicted molar refractivity (Wildman–Crippen MR) is 233 cm³/mol. The Morgan fingerprint density at radius 1 is 0.509 bits per heavy atom. The largest absolute Gasteiger partial charge is 0.290 e. The number of fused-ring (bicyclic) bond motifs is 8. The third-order valence-electron chi connectivity index (χ3n) is 12.5. The van der Waals surface area contributed by atoms with Crippen LogP contribution in [0.4, 0.5) is 0 Å². The van der Waals surface area contributed by atoms with Crippen molar-refractivity contribution >= 4 is 53.2 Å². The van der Waals surface area contributed by atoms with Crippen molar-refractivity contribution in [3.05, 3.63) is 181 Å². The molecule has 0 N–H and O–H groups in total. The number of aromatic nitrogens is 2. The summed E-state index contributed by atoms with van der Waals surface area (Å²) in [6.07, 6.45) is 0. The number of nitrogens with zero attached hydrogens (tertiary/aromatic N) is 2. The normalized spacial score (nSPS) is 14.6. The van der Waals surface area contributed by atoms with E-state index >= 15 is 8.42 Å². The minimum atomic E-state index is -4.00. The number of benzene rings is 9. The van der Waals surface area contributed by atoms with Crippen molar-refractivity contribution in [2.24, 2.45) is 0 Å². The number of imidazole rings is 1. The van der Waals surface area contributed by atoms with Gasteiger partial charge in [-0.2, -0.15) is 0 Å². The zero-order valence-electron chi connectivity index (χ0n) is 31.3. The van der Waals surface area contributed by atoms with E-state index in [1.807, 2.05) is 36.4 Å². The number of rotatable bonds is 3. The maximum Gasteiger partial charge on any atom is 0.211 e. The first-order valence-electron chi connectivity index (χ1n) is 19.4. The van der Waals surface area contributed by atoms with Gasteiger partial charge in [0.05, 0.1) is 21.6 Å². The van der Waals surface area contributed by atoms with Crippen LogP contribution in [-0.4, -0.2) is 18.0 Å². The molecule has 1 aliphatic carbocycles. The lowest BCUT2D eigenvalue weighted by molar-refractivity contribution is 0.595. The summed E-state index contributed by atoms with van der Waals surface area (Å²) < 4.78 is 32.4. The standard InChI is InChI=1S/C52H34N2O2S/c1-52(2)42-21-10-9-15-35(42)36-28-27-33(30-43(36)52)47-37-16-5-7-18-39(37)48(40-19-8-6-17-38(40)47)41-20-11-23-45-50(41)57(55,56)46-24-12-22-44-49(46)54(45)51(53-44)34-26-25-31-13-3-4-14-32(31)29-34/h3-30H,1-2H3. The smallest absolute Gasteiger partial charge is 0.211 e. The van der Waals surface area contributed by atoms with E-state index in [0.29, 0.717) is 33.0 Å². The van der Waals surface area contributed by atoms with Gasteiger partial charge in [0, 0.05) is 16.5 Å². The highest BCUT2D eigenvalue weighted by Crippen LogP contribution is 2.53. The van der Waals surface area contributed by atoms with Crippen LogP contribution in [0.5, 0.6) is 0 Å². The fourth-order valence-electron chi connectivity index (χ4n) is 9.95. The summed E-state index contributed by atoms with van der Waals surface area (Å²) in [6, 6.07) is 58.6. The predicted octanol–water partition coefficient (Wildman–Crippen LogP) is 12.9. The average Bonchev–Trinajstić information content (AvgIpc) is 3.74. The monoisotopic (exact) mass is 750 g/mol. The molecule has 0 saturated heterocycles. The number of sulfone groups is 1. The van der Waals surface area contributed by atoms with E-state index in [2.05, 4.69) is 140 Å². The highest BCUT2D eigenvalue weighted by molar-refractivity contribution is 7.92. The molecule has 2 heterocycles. The van der Waals surface area contributed by atoms with Crippen molar-refractivity contribution in [1.82, 2.24) is 9.55 Å². The molecule has 0 atom stereocenters. The van der Waals surface area contributed by atoms with E-state index in [-0.39, 0.29) is 10.3 Å². The molecule has 12 rings (SSSR count). The summed E-state index contributed by atoms with van der Waals surface area (Å²) >= 11 is 0. The zero-order chi connectivity index (χ0) is 38.2. The molecule has 0 spiro atoms. The molecule has 2 aliphatic rings. The molecular weight excluding hydrogens is 717 g/mol. The minimum absolute atomic E-state index is 0.147. The van der Waals surface area contributed by atoms with Gasteiger partial charge >= 0.3 is 0 Å². The molecule has 0 amide bonds. The Balaban J connectivity index is 1.14. The molecule has 10 aromatic rings. The average molecular weight is 751 g/mol. The fraction of sp³-hybridized carbons (Fsp3) is 0.0577. The van der Waals surface area contributed by atoms with Crippen LogP contribution in [0.3, 0.4) is 0 Å². The Morgan fingerprint density at radius 2 is 1.12 bits per heavy atom. The zero-order valence-corrected chi connectivity index (χ0v) is 32.1. The summed E-state index contributed by atoms with van der Waals surface area (Å²) in [7, 11) is -4.00. The van der Waals surface area contributed by atoms with Gasteiger partial charge in [-0.25, -0.2) is 13.4 Å². The van der Waals surface area contributed by atoms with Crippen LogP contribution in [0.15, 0.2) is 180 Å². The van der Waals surface area contributed by atoms with Gasteiger partial charge in [-0.15, -0.1) is 0 Å². The Hall–Kier alpha value is -6.82. The number of hydrogen-bond acceptors (Lipinski definition) is 3. The second-order valence-corrected chi connectivity index (χ2v) is 17.7. The lowest BCUT2D eigenvalue weighted by atomic mass is 9.80. The molecule has 0 radical (unpaired) electrons. The van der Waals surface area contributed by atoms with Gasteiger partial charge in [-0.1, -0.05) is 153 Å². The van der Waals surface area contributed by atoms with Crippen molar-refractivity contribution in [1.29, 1.82) is 0 Å². The SMILES string of the molecule is CC1(C)c2ccccc2-c2ccc(-c3c4ccccc4c(-c4cccc5c4S(=O)(=O)c4cccc6nc(-c7ccc8ccccc8c7)n-5c46)c4ccccc34)cc21. The van der Waals surface area contributed by atoms with Gasteiger partial charge < -0.3 is 0 Å². The summed E-state index contributed by atoms with van der Waals surface area (Å²) in [4.78, 5) is 5.69. The second-order valence-electron chi connectivity index (χ2n) is 15.9. The van der Waals surface area contributed by atoms with Crippen LogP contribution in [0.2, 0.25) is 0 Å². The number of hydrogen-bond donors (Lipinski definition) is 0. The first kappa shape index (κ1) is 32.4. The quantitative estimate of drug-likeness (QED) is 0.169. The van der Waals surface area contributed by atoms with Crippen molar-refractivity contribution in [2.75, 3.05) is 0 Å². The van der Waals surface area contributed by atoms with Crippen molar-refractivity contribution in [3.63, 3.8) is 0 Å². The van der Waals surface area contributed by atoms with E-state index in [1.165, 1.54) is 22.3 Å². The Morgan fingerprint density at radius 3 is 1.89 bits per heavy atom. The van der Waals surface area contributed by atoms with Crippen molar-refractivity contribution in [2.45, 2.75) is 29.1 Å². The van der Waals surface area contributed by atoms with Crippen LogP contribution in [-0.2, 0) is 15.3 Å². The van der Waals surface area contributed by atoms with Crippen LogP contribution in [0, 0.1) is 0 Å². The highest BCUT2D eigenvalue weighted by atomic mass is 32.2. The highest BCUT2D eigenvalue weighted by Gasteiger charge is 2.38. The fourth-order valence-corrected chi connectivity index (χ4v) is 11.8. The van der Waals surface area contributed by atoms with Gasteiger partial charge in [0.2, 0.25) is 9.84 Å². The molecular formula is C52H34N2O2S. The molecule has 1 aromatic heterocycles. The molecule has 0 unspecified atom stereocenters. The molecule has 0 bridgehead atoms. The van der Waals surface area contributed by atoms with E-state index in [9.17, 15) is 0 Å². The molecule has 4 nitrogen and oxygen atoms in total. The lowest BCUT2D eigenvalue weighted by Gasteiger charge is -2.25. The third-order valence-corrected chi connectivity index (χ3v) is 14.4. The maximum atomic E-state index is 15.2.